The minimum Gasteiger partial charge on any atom is -0.452 e. The maximum absolute atomic E-state index is 13.0. The summed E-state index contributed by atoms with van der Waals surface area (Å²) >= 11 is 5.59. The van der Waals surface area contributed by atoms with E-state index in [-0.39, 0.29) is 22.0 Å². The van der Waals surface area contributed by atoms with Crippen LogP contribution >= 0.6 is 11.6 Å². The van der Waals surface area contributed by atoms with Crippen LogP contribution in [-0.4, -0.2) is 23.4 Å². The Morgan fingerprint density at radius 1 is 1.32 bits per heavy atom. The van der Waals surface area contributed by atoms with Gasteiger partial charge in [-0.05, 0) is 31.2 Å². The molecule has 0 saturated heterocycles. The Morgan fingerprint density at radius 3 is 2.68 bits per heavy atom. The van der Waals surface area contributed by atoms with Crippen molar-refractivity contribution >= 4 is 34.9 Å². The maximum atomic E-state index is 13.0. The number of aryl methyl sites for hydroxylation is 1. The van der Waals surface area contributed by atoms with Crippen LogP contribution in [0.15, 0.2) is 36.4 Å². The third-order valence-corrected chi connectivity index (χ3v) is 3.47. The van der Waals surface area contributed by atoms with Crippen molar-refractivity contribution in [2.75, 3.05) is 11.9 Å². The first-order valence-electron chi connectivity index (χ1n) is 6.95. The molecule has 0 heterocycles. The Morgan fingerprint density at radius 2 is 2.04 bits per heavy atom. The van der Waals surface area contributed by atoms with Crippen molar-refractivity contribution < 1.29 is 23.6 Å². The van der Waals surface area contributed by atoms with Gasteiger partial charge in [0.2, 0.25) is 0 Å². The Labute approximate surface area is 146 Å². The summed E-state index contributed by atoms with van der Waals surface area (Å²) in [5.74, 6) is -2.34. The SMILES string of the molecule is Cc1cccc(C(=O)OCC(=O)Nc2ccc(F)c(Cl)c2)c1[N+](=O)[O-]. The third kappa shape index (κ3) is 4.51. The zero-order valence-electron chi connectivity index (χ0n) is 12.9. The van der Waals surface area contributed by atoms with Crippen LogP contribution in [0.4, 0.5) is 15.8 Å². The summed E-state index contributed by atoms with van der Waals surface area (Å²) in [7, 11) is 0. The number of nitrogens with one attached hydrogen (secondary N) is 1. The van der Waals surface area contributed by atoms with Crippen molar-refractivity contribution in [3.63, 3.8) is 0 Å². The molecule has 0 bridgehead atoms. The first-order chi connectivity index (χ1) is 11.8. The van der Waals surface area contributed by atoms with E-state index in [9.17, 15) is 24.1 Å². The van der Waals surface area contributed by atoms with Crippen LogP contribution < -0.4 is 5.32 Å². The average Bonchev–Trinajstić information content (AvgIpc) is 2.55. The number of nitro benzene ring substituents is 1. The van der Waals surface area contributed by atoms with Gasteiger partial charge in [0.05, 0.1) is 9.95 Å². The Kier molecular flexibility index (Phi) is 5.66. The monoisotopic (exact) mass is 366 g/mol. The number of hydrogen-bond donors (Lipinski definition) is 1. The van der Waals surface area contributed by atoms with Crippen molar-refractivity contribution in [1.82, 2.24) is 0 Å². The molecule has 0 aliphatic heterocycles. The number of hydrogen-bond acceptors (Lipinski definition) is 5. The zero-order valence-corrected chi connectivity index (χ0v) is 13.7. The van der Waals surface area contributed by atoms with Gasteiger partial charge in [0, 0.05) is 11.3 Å². The molecule has 0 aliphatic carbocycles. The minimum atomic E-state index is -0.998. The highest BCUT2D eigenvalue weighted by atomic mass is 35.5. The summed E-state index contributed by atoms with van der Waals surface area (Å²) in [6.07, 6.45) is 0. The van der Waals surface area contributed by atoms with Crippen molar-refractivity contribution in [3.8, 4) is 0 Å². The van der Waals surface area contributed by atoms with Gasteiger partial charge in [-0.3, -0.25) is 14.9 Å². The highest BCUT2D eigenvalue weighted by molar-refractivity contribution is 6.31. The van der Waals surface area contributed by atoms with E-state index in [1.807, 2.05) is 0 Å². The third-order valence-electron chi connectivity index (χ3n) is 3.18. The lowest BCUT2D eigenvalue weighted by Gasteiger charge is -2.08. The molecule has 0 spiro atoms. The number of carbonyl (C=O) groups excluding carboxylic acids is 2. The second-order valence-electron chi connectivity index (χ2n) is 4.98. The van der Waals surface area contributed by atoms with Crippen molar-refractivity contribution in [2.45, 2.75) is 6.92 Å². The van der Waals surface area contributed by atoms with Gasteiger partial charge in [0.25, 0.3) is 11.6 Å². The molecule has 2 aromatic carbocycles. The van der Waals surface area contributed by atoms with Gasteiger partial charge in [0.15, 0.2) is 6.61 Å². The number of halogens is 2. The number of nitrogens with zero attached hydrogens (tertiary/aromatic N) is 1. The molecule has 2 aromatic rings. The van der Waals surface area contributed by atoms with Crippen LogP contribution in [0, 0.1) is 22.9 Å². The van der Waals surface area contributed by atoms with E-state index < -0.39 is 29.2 Å². The normalized spacial score (nSPS) is 10.2. The maximum Gasteiger partial charge on any atom is 0.345 e. The van der Waals surface area contributed by atoms with Gasteiger partial charge in [-0.1, -0.05) is 23.7 Å². The molecule has 0 unspecified atom stereocenters. The number of rotatable bonds is 5. The van der Waals surface area contributed by atoms with Crippen molar-refractivity contribution in [1.29, 1.82) is 0 Å². The molecule has 0 radical (unpaired) electrons. The van der Waals surface area contributed by atoms with Gasteiger partial charge in [-0.25, -0.2) is 9.18 Å². The first-order valence-corrected chi connectivity index (χ1v) is 7.33. The summed E-state index contributed by atoms with van der Waals surface area (Å²) in [5, 5.41) is 13.2. The Balaban J connectivity index is 2.02. The molecular formula is C16H12ClFN2O5. The zero-order chi connectivity index (χ0) is 18.6. The van der Waals surface area contributed by atoms with Crippen LogP contribution in [0.25, 0.3) is 0 Å². The second-order valence-corrected chi connectivity index (χ2v) is 5.39. The quantitative estimate of drug-likeness (QED) is 0.496. The van der Waals surface area contributed by atoms with Crippen LogP contribution in [0.2, 0.25) is 5.02 Å². The van der Waals surface area contributed by atoms with E-state index in [0.717, 1.165) is 6.07 Å². The fraction of sp³-hybridized carbons (Fsp3) is 0.125. The summed E-state index contributed by atoms with van der Waals surface area (Å²) in [5.41, 5.74) is -0.111. The van der Waals surface area contributed by atoms with E-state index in [4.69, 9.17) is 16.3 Å². The first kappa shape index (κ1) is 18.3. The average molecular weight is 367 g/mol. The summed E-state index contributed by atoms with van der Waals surface area (Å²) < 4.78 is 17.8. The van der Waals surface area contributed by atoms with Crippen molar-refractivity contribution in [3.05, 3.63) is 68.5 Å². The van der Waals surface area contributed by atoms with Crippen LogP contribution in [0.1, 0.15) is 15.9 Å². The molecular weight excluding hydrogens is 355 g/mol. The molecule has 0 aromatic heterocycles. The number of benzene rings is 2. The van der Waals surface area contributed by atoms with E-state index in [1.165, 1.54) is 37.3 Å². The number of nitro groups is 1. The molecule has 7 nitrogen and oxygen atoms in total. The van der Waals surface area contributed by atoms with E-state index in [2.05, 4.69) is 5.32 Å². The molecule has 0 saturated carbocycles. The fourth-order valence-electron chi connectivity index (χ4n) is 2.05. The number of amides is 1. The largest absolute Gasteiger partial charge is 0.452 e. The molecule has 25 heavy (non-hydrogen) atoms. The minimum absolute atomic E-state index is 0.176. The van der Waals surface area contributed by atoms with Crippen LogP contribution in [-0.2, 0) is 9.53 Å². The molecule has 9 heteroatoms. The number of carbonyl (C=O) groups is 2. The van der Waals surface area contributed by atoms with Gasteiger partial charge in [-0.2, -0.15) is 0 Å². The molecule has 2 rings (SSSR count). The number of esters is 1. The Bertz CT molecular complexity index is 856. The summed E-state index contributed by atoms with van der Waals surface area (Å²) in [6, 6.07) is 7.75. The highest BCUT2D eigenvalue weighted by Gasteiger charge is 2.24. The predicted octanol–water partition coefficient (Wildman–Crippen LogP) is 3.49. The van der Waals surface area contributed by atoms with Crippen LogP contribution in [0.3, 0.4) is 0 Å². The van der Waals surface area contributed by atoms with Gasteiger partial charge < -0.3 is 10.1 Å². The van der Waals surface area contributed by atoms with Crippen LogP contribution in [0.5, 0.6) is 0 Å². The lowest BCUT2D eigenvalue weighted by molar-refractivity contribution is -0.385. The topological polar surface area (TPSA) is 98.5 Å². The fourth-order valence-corrected chi connectivity index (χ4v) is 2.23. The standard InChI is InChI=1S/C16H12ClFN2O5/c1-9-3-2-4-11(15(9)20(23)24)16(22)25-8-14(21)19-10-5-6-13(18)12(17)7-10/h2-7H,8H2,1H3,(H,19,21). The molecule has 130 valence electrons. The second kappa shape index (κ2) is 7.71. The lowest BCUT2D eigenvalue weighted by atomic mass is 10.1. The number of anilines is 1. The summed E-state index contributed by atoms with van der Waals surface area (Å²) in [6.45, 7) is 0.818. The molecule has 1 amide bonds. The summed E-state index contributed by atoms with van der Waals surface area (Å²) in [4.78, 5) is 34.1. The smallest absolute Gasteiger partial charge is 0.345 e. The van der Waals surface area contributed by atoms with E-state index in [1.54, 1.807) is 0 Å². The van der Waals surface area contributed by atoms with Crippen molar-refractivity contribution in [2.24, 2.45) is 0 Å². The van der Waals surface area contributed by atoms with Gasteiger partial charge in [0.1, 0.15) is 11.4 Å². The number of para-hydroxylation sites is 1. The molecule has 0 fully saturated rings. The van der Waals surface area contributed by atoms with Gasteiger partial charge >= 0.3 is 5.97 Å². The molecule has 0 atom stereocenters. The molecule has 0 aliphatic rings. The Hall–Kier alpha value is -3.00. The van der Waals surface area contributed by atoms with E-state index in [0.29, 0.717) is 5.56 Å². The van der Waals surface area contributed by atoms with Gasteiger partial charge in [-0.15, -0.1) is 0 Å². The predicted molar refractivity (Wildman–Crippen MR) is 88.2 cm³/mol. The van der Waals surface area contributed by atoms with E-state index >= 15 is 0 Å². The number of ether oxygens (including phenoxy) is 1. The lowest BCUT2D eigenvalue weighted by Crippen LogP contribution is -2.21. The highest BCUT2D eigenvalue weighted by Crippen LogP contribution is 2.24. The molecule has 1 N–H and O–H groups in total.